The molecule has 6 nitrogen and oxygen atoms in total. The number of aromatic nitrogens is 2. The first-order chi connectivity index (χ1) is 8.07. The Balaban J connectivity index is 1.87. The van der Waals surface area contributed by atoms with Crippen LogP contribution in [0.1, 0.15) is 37.1 Å². The number of rotatable bonds is 5. The zero-order valence-electron chi connectivity index (χ0n) is 9.85. The van der Waals surface area contributed by atoms with Crippen LogP contribution < -0.4 is 4.72 Å². The highest BCUT2D eigenvalue weighted by molar-refractivity contribution is 7.89. The van der Waals surface area contributed by atoms with Crippen molar-refractivity contribution < 1.29 is 13.0 Å². The monoisotopic (exact) mass is 259 g/mol. The van der Waals surface area contributed by atoms with Crippen LogP contribution in [-0.4, -0.2) is 24.5 Å². The molecule has 0 saturated heterocycles. The van der Waals surface area contributed by atoms with Crippen LogP contribution in [0.15, 0.2) is 4.63 Å². The van der Waals surface area contributed by atoms with Gasteiger partial charge >= 0.3 is 0 Å². The molecule has 96 valence electrons. The van der Waals surface area contributed by atoms with E-state index >= 15 is 0 Å². The van der Waals surface area contributed by atoms with Crippen LogP contribution in [0.25, 0.3) is 0 Å². The van der Waals surface area contributed by atoms with Crippen molar-refractivity contribution in [3.63, 3.8) is 0 Å². The molecule has 0 aromatic carbocycles. The Hall–Kier alpha value is -0.950. The standard InChI is InChI=1S/C10H17N3O3S/c1-8-10(13-16-12-8)6-11-17(14,15)7-9-4-2-3-5-9/h9,11H,2-7H2,1H3. The van der Waals surface area contributed by atoms with Gasteiger partial charge in [-0.15, -0.1) is 0 Å². The van der Waals surface area contributed by atoms with Gasteiger partial charge in [-0.3, -0.25) is 0 Å². The summed E-state index contributed by atoms with van der Waals surface area (Å²) < 4.78 is 30.7. The fourth-order valence-corrected chi connectivity index (χ4v) is 3.56. The van der Waals surface area contributed by atoms with E-state index in [1.54, 1.807) is 6.92 Å². The van der Waals surface area contributed by atoms with E-state index in [1.165, 1.54) is 0 Å². The van der Waals surface area contributed by atoms with Crippen LogP contribution in [0, 0.1) is 12.8 Å². The Morgan fingerprint density at radius 1 is 1.35 bits per heavy atom. The number of hydrogen-bond acceptors (Lipinski definition) is 5. The number of aryl methyl sites for hydroxylation is 1. The van der Waals surface area contributed by atoms with Gasteiger partial charge in [0.1, 0.15) is 11.4 Å². The number of sulfonamides is 1. The van der Waals surface area contributed by atoms with Crippen molar-refractivity contribution in [2.45, 2.75) is 39.2 Å². The summed E-state index contributed by atoms with van der Waals surface area (Å²) in [7, 11) is -3.22. The van der Waals surface area contributed by atoms with Crippen LogP contribution in [-0.2, 0) is 16.6 Å². The van der Waals surface area contributed by atoms with Gasteiger partial charge in [0, 0.05) is 0 Å². The second kappa shape index (κ2) is 5.14. The molecule has 17 heavy (non-hydrogen) atoms. The topological polar surface area (TPSA) is 85.1 Å². The minimum Gasteiger partial charge on any atom is -0.244 e. The van der Waals surface area contributed by atoms with Crippen molar-refractivity contribution in [3.05, 3.63) is 11.4 Å². The van der Waals surface area contributed by atoms with Gasteiger partial charge < -0.3 is 0 Å². The number of hydrogen-bond donors (Lipinski definition) is 1. The maximum atomic E-state index is 11.8. The van der Waals surface area contributed by atoms with Crippen molar-refractivity contribution in [3.8, 4) is 0 Å². The summed E-state index contributed by atoms with van der Waals surface area (Å²) in [6, 6.07) is 0. The number of nitrogens with one attached hydrogen (secondary N) is 1. The van der Waals surface area contributed by atoms with E-state index in [4.69, 9.17) is 0 Å². The quantitative estimate of drug-likeness (QED) is 0.852. The van der Waals surface area contributed by atoms with Crippen LogP contribution in [0.2, 0.25) is 0 Å². The molecule has 0 amide bonds. The number of nitrogens with zero attached hydrogens (tertiary/aromatic N) is 2. The maximum Gasteiger partial charge on any atom is 0.212 e. The Labute approximate surface area is 101 Å². The van der Waals surface area contributed by atoms with E-state index in [2.05, 4.69) is 19.7 Å². The van der Waals surface area contributed by atoms with Gasteiger partial charge in [0.2, 0.25) is 10.0 Å². The third-order valence-corrected chi connectivity index (χ3v) is 4.63. The smallest absolute Gasteiger partial charge is 0.212 e. The van der Waals surface area contributed by atoms with Gasteiger partial charge in [0.25, 0.3) is 0 Å². The molecule has 1 aromatic rings. The third-order valence-electron chi connectivity index (χ3n) is 3.14. The average Bonchev–Trinajstić information content (AvgIpc) is 2.87. The van der Waals surface area contributed by atoms with Gasteiger partial charge in [-0.25, -0.2) is 17.8 Å². The molecule has 0 aliphatic heterocycles. The summed E-state index contributed by atoms with van der Waals surface area (Å²) in [6.07, 6.45) is 4.33. The largest absolute Gasteiger partial charge is 0.244 e. The Morgan fingerprint density at radius 2 is 2.06 bits per heavy atom. The van der Waals surface area contributed by atoms with Gasteiger partial charge in [-0.1, -0.05) is 23.2 Å². The second-order valence-corrected chi connectivity index (χ2v) is 6.40. The minimum atomic E-state index is -3.22. The van der Waals surface area contributed by atoms with E-state index < -0.39 is 10.0 Å². The minimum absolute atomic E-state index is 0.157. The molecular formula is C10H17N3O3S. The van der Waals surface area contributed by atoms with Crippen molar-refractivity contribution in [2.75, 3.05) is 5.75 Å². The lowest BCUT2D eigenvalue weighted by molar-refractivity contribution is 0.301. The summed E-state index contributed by atoms with van der Waals surface area (Å²) in [5.41, 5.74) is 1.16. The van der Waals surface area contributed by atoms with Crippen LogP contribution in [0.5, 0.6) is 0 Å². The summed E-state index contributed by atoms with van der Waals surface area (Å²) >= 11 is 0. The summed E-state index contributed by atoms with van der Waals surface area (Å²) in [5, 5.41) is 7.24. The predicted molar refractivity (Wildman–Crippen MR) is 61.6 cm³/mol. The molecule has 0 unspecified atom stereocenters. The molecule has 1 aliphatic rings. The molecule has 0 radical (unpaired) electrons. The molecule has 0 atom stereocenters. The molecule has 1 heterocycles. The summed E-state index contributed by atoms with van der Waals surface area (Å²) in [6.45, 7) is 1.89. The molecular weight excluding hydrogens is 242 g/mol. The average molecular weight is 259 g/mol. The normalized spacial score (nSPS) is 17.7. The zero-order valence-corrected chi connectivity index (χ0v) is 10.7. The molecule has 1 saturated carbocycles. The fraction of sp³-hybridized carbons (Fsp3) is 0.800. The molecule has 1 aliphatic carbocycles. The van der Waals surface area contributed by atoms with E-state index in [9.17, 15) is 8.42 Å². The lowest BCUT2D eigenvalue weighted by Crippen LogP contribution is -2.29. The van der Waals surface area contributed by atoms with Crippen molar-refractivity contribution in [1.29, 1.82) is 0 Å². The van der Waals surface area contributed by atoms with Gasteiger partial charge in [-0.05, 0) is 25.7 Å². The summed E-state index contributed by atoms with van der Waals surface area (Å²) in [5.74, 6) is 0.529. The van der Waals surface area contributed by atoms with Crippen molar-refractivity contribution in [2.24, 2.45) is 5.92 Å². The third kappa shape index (κ3) is 3.50. The summed E-state index contributed by atoms with van der Waals surface area (Å²) in [4.78, 5) is 0. The molecule has 7 heteroatoms. The van der Waals surface area contributed by atoms with Crippen molar-refractivity contribution >= 4 is 10.0 Å². The van der Waals surface area contributed by atoms with Gasteiger partial charge in [-0.2, -0.15) is 0 Å². The van der Waals surface area contributed by atoms with Crippen molar-refractivity contribution in [1.82, 2.24) is 15.0 Å². The SMILES string of the molecule is Cc1nonc1CNS(=O)(=O)CC1CCCC1. The second-order valence-electron chi connectivity index (χ2n) is 4.55. The van der Waals surface area contributed by atoms with E-state index in [0.717, 1.165) is 25.7 Å². The highest BCUT2D eigenvalue weighted by atomic mass is 32.2. The molecule has 0 bridgehead atoms. The van der Waals surface area contributed by atoms with Crippen LogP contribution in [0.3, 0.4) is 0 Å². The first-order valence-corrected chi connectivity index (χ1v) is 7.47. The maximum absolute atomic E-state index is 11.8. The van der Waals surface area contributed by atoms with E-state index in [0.29, 0.717) is 17.3 Å². The molecule has 0 spiro atoms. The van der Waals surface area contributed by atoms with Crippen LogP contribution in [0.4, 0.5) is 0 Å². The Kier molecular flexibility index (Phi) is 3.78. The molecule has 2 rings (SSSR count). The zero-order chi connectivity index (χ0) is 12.3. The van der Waals surface area contributed by atoms with E-state index in [-0.39, 0.29) is 12.3 Å². The van der Waals surface area contributed by atoms with Gasteiger partial charge in [0.05, 0.1) is 12.3 Å². The first-order valence-electron chi connectivity index (χ1n) is 5.82. The highest BCUT2D eigenvalue weighted by Gasteiger charge is 2.22. The molecule has 1 aromatic heterocycles. The van der Waals surface area contributed by atoms with Crippen LogP contribution >= 0.6 is 0 Å². The molecule has 1 fully saturated rings. The Morgan fingerprint density at radius 3 is 2.65 bits per heavy atom. The Bertz CT molecular complexity index is 463. The fourth-order valence-electron chi connectivity index (χ4n) is 2.13. The highest BCUT2D eigenvalue weighted by Crippen LogP contribution is 2.25. The van der Waals surface area contributed by atoms with Gasteiger partial charge in [0.15, 0.2) is 0 Å². The first kappa shape index (κ1) is 12.5. The molecule has 1 N–H and O–H groups in total. The van der Waals surface area contributed by atoms with E-state index in [1.807, 2.05) is 0 Å². The predicted octanol–water partition coefficient (Wildman–Crippen LogP) is 0.988. The lowest BCUT2D eigenvalue weighted by Gasteiger charge is -2.10. The lowest BCUT2D eigenvalue weighted by atomic mass is 10.1.